The van der Waals surface area contributed by atoms with Crippen molar-refractivity contribution in [1.29, 1.82) is 0 Å². The summed E-state index contributed by atoms with van der Waals surface area (Å²) in [5.41, 5.74) is 3.62. The van der Waals surface area contributed by atoms with Gasteiger partial charge in [-0.05, 0) is 61.8 Å². The molecule has 2 aliphatic carbocycles. The predicted octanol–water partition coefficient (Wildman–Crippen LogP) is 4.12. The van der Waals surface area contributed by atoms with Gasteiger partial charge >= 0.3 is 0 Å². The monoisotopic (exact) mass is 346 g/mol. The third-order valence-electron chi connectivity index (χ3n) is 4.73. The molecule has 3 atom stereocenters. The van der Waals surface area contributed by atoms with Crippen molar-refractivity contribution in [3.05, 3.63) is 40.9 Å². The second-order valence-corrected chi connectivity index (χ2v) is 7.06. The minimum absolute atomic E-state index is 0.0682. The number of benzene rings is 1. The second kappa shape index (κ2) is 7.84. The molecule has 0 saturated heterocycles. The summed E-state index contributed by atoms with van der Waals surface area (Å²) in [6, 6.07) is 5.52. The van der Waals surface area contributed by atoms with E-state index in [-0.39, 0.29) is 5.91 Å². The zero-order chi connectivity index (χ0) is 16.9. The lowest BCUT2D eigenvalue weighted by molar-refractivity contribution is -0.121. The van der Waals surface area contributed by atoms with E-state index in [1.165, 1.54) is 6.42 Å². The minimum atomic E-state index is -0.0682. The fraction of sp³-hybridized carbons (Fsp3) is 0.474. The Hall–Kier alpha value is -1.81. The molecule has 1 N–H and O–H groups in total. The molecule has 1 saturated carbocycles. The van der Waals surface area contributed by atoms with Crippen molar-refractivity contribution in [2.45, 2.75) is 32.6 Å². The van der Waals surface area contributed by atoms with Crippen molar-refractivity contribution in [1.82, 2.24) is 5.43 Å². The van der Waals surface area contributed by atoms with Gasteiger partial charge in [-0.25, -0.2) is 5.43 Å². The molecule has 128 valence electrons. The Balaban J connectivity index is 1.32. The van der Waals surface area contributed by atoms with Crippen LogP contribution in [0.1, 0.15) is 31.2 Å². The Kier molecular flexibility index (Phi) is 5.56. The first-order chi connectivity index (χ1) is 11.6. The lowest BCUT2D eigenvalue weighted by Crippen LogP contribution is -2.19. The summed E-state index contributed by atoms with van der Waals surface area (Å²) >= 11 is 5.91. The summed E-state index contributed by atoms with van der Waals surface area (Å²) in [4.78, 5) is 11.8. The number of amides is 1. The third kappa shape index (κ3) is 4.38. The normalized spacial score (nSPS) is 24.7. The number of allylic oxidation sites excluding steroid dienone is 2. The maximum Gasteiger partial charge on any atom is 0.240 e. The van der Waals surface area contributed by atoms with E-state index in [9.17, 15) is 4.79 Å². The summed E-state index contributed by atoms with van der Waals surface area (Å²) in [6.45, 7) is 2.45. The summed E-state index contributed by atoms with van der Waals surface area (Å²) in [5, 5.41) is 4.82. The van der Waals surface area contributed by atoms with Crippen molar-refractivity contribution in [3.63, 3.8) is 0 Å². The first-order valence-corrected chi connectivity index (χ1v) is 8.89. The van der Waals surface area contributed by atoms with E-state index in [0.29, 0.717) is 36.3 Å². The van der Waals surface area contributed by atoms with Crippen LogP contribution in [0.2, 0.25) is 5.02 Å². The van der Waals surface area contributed by atoms with Crippen molar-refractivity contribution < 1.29 is 9.53 Å². The molecule has 0 spiro atoms. The Labute approximate surface area is 147 Å². The fourth-order valence-electron chi connectivity index (χ4n) is 3.45. The molecule has 0 aromatic heterocycles. The zero-order valence-corrected chi connectivity index (χ0v) is 14.6. The Morgan fingerprint density at radius 1 is 1.42 bits per heavy atom. The molecule has 4 nitrogen and oxygen atoms in total. The SMILES string of the molecule is Cc1cc(Cl)ccc1OCCCC(=O)NN=CC1CC2C=CC1C2. The largest absolute Gasteiger partial charge is 0.493 e. The van der Waals surface area contributed by atoms with E-state index in [0.717, 1.165) is 23.7 Å². The topological polar surface area (TPSA) is 50.7 Å². The number of rotatable bonds is 7. The summed E-state index contributed by atoms with van der Waals surface area (Å²) in [7, 11) is 0. The van der Waals surface area contributed by atoms with Gasteiger partial charge < -0.3 is 4.74 Å². The maximum atomic E-state index is 11.8. The number of nitrogens with zero attached hydrogens (tertiary/aromatic N) is 1. The number of nitrogens with one attached hydrogen (secondary N) is 1. The molecule has 1 fully saturated rings. The van der Waals surface area contributed by atoms with Gasteiger partial charge in [0.1, 0.15) is 5.75 Å². The van der Waals surface area contributed by atoms with E-state index >= 15 is 0 Å². The first kappa shape index (κ1) is 17.0. The number of carbonyl (C=O) groups excluding carboxylic acids is 1. The van der Waals surface area contributed by atoms with E-state index in [4.69, 9.17) is 16.3 Å². The van der Waals surface area contributed by atoms with E-state index in [1.54, 1.807) is 6.07 Å². The van der Waals surface area contributed by atoms with Crippen LogP contribution in [0.15, 0.2) is 35.5 Å². The van der Waals surface area contributed by atoms with Gasteiger partial charge in [-0.3, -0.25) is 4.79 Å². The molecule has 1 aromatic carbocycles. The van der Waals surface area contributed by atoms with Gasteiger partial charge in [-0.1, -0.05) is 23.8 Å². The average molecular weight is 347 g/mol. The van der Waals surface area contributed by atoms with Gasteiger partial charge in [0.05, 0.1) is 6.61 Å². The van der Waals surface area contributed by atoms with Crippen molar-refractivity contribution >= 4 is 23.7 Å². The highest BCUT2D eigenvalue weighted by atomic mass is 35.5. The Bertz CT molecular complexity index is 657. The van der Waals surface area contributed by atoms with Crippen LogP contribution < -0.4 is 10.2 Å². The fourth-order valence-corrected chi connectivity index (χ4v) is 3.67. The highest BCUT2D eigenvalue weighted by Crippen LogP contribution is 2.42. The van der Waals surface area contributed by atoms with Crippen molar-refractivity contribution in [3.8, 4) is 5.75 Å². The predicted molar refractivity (Wildman–Crippen MR) is 96.4 cm³/mol. The molecule has 5 heteroatoms. The minimum Gasteiger partial charge on any atom is -0.493 e. The molecule has 2 bridgehead atoms. The van der Waals surface area contributed by atoms with Crippen LogP contribution in [0.25, 0.3) is 0 Å². The number of halogens is 1. The maximum absolute atomic E-state index is 11.8. The van der Waals surface area contributed by atoms with Gasteiger partial charge in [0, 0.05) is 23.6 Å². The van der Waals surface area contributed by atoms with E-state index < -0.39 is 0 Å². The number of ether oxygens (including phenoxy) is 1. The smallest absolute Gasteiger partial charge is 0.240 e. The molecule has 1 amide bonds. The van der Waals surface area contributed by atoms with Crippen LogP contribution >= 0.6 is 11.6 Å². The number of carbonyl (C=O) groups is 1. The van der Waals surface area contributed by atoms with Crippen LogP contribution in [-0.2, 0) is 4.79 Å². The quantitative estimate of drug-likeness (QED) is 0.349. The first-order valence-electron chi connectivity index (χ1n) is 8.51. The molecule has 0 radical (unpaired) electrons. The lowest BCUT2D eigenvalue weighted by Gasteiger charge is -2.12. The van der Waals surface area contributed by atoms with Gasteiger partial charge in [0.25, 0.3) is 0 Å². The van der Waals surface area contributed by atoms with Crippen LogP contribution in [0.3, 0.4) is 0 Å². The molecule has 0 heterocycles. The molecule has 3 rings (SSSR count). The summed E-state index contributed by atoms with van der Waals surface area (Å²) in [6.07, 6.45) is 9.94. The number of hydrogen-bond acceptors (Lipinski definition) is 3. The zero-order valence-electron chi connectivity index (χ0n) is 13.9. The molecular formula is C19H23ClN2O2. The lowest BCUT2D eigenvalue weighted by atomic mass is 9.95. The number of hydrogen-bond donors (Lipinski definition) is 1. The summed E-state index contributed by atoms with van der Waals surface area (Å²) < 4.78 is 5.68. The van der Waals surface area contributed by atoms with Gasteiger partial charge in [-0.2, -0.15) is 5.10 Å². The van der Waals surface area contributed by atoms with Crippen LogP contribution in [0, 0.1) is 24.7 Å². The van der Waals surface area contributed by atoms with Crippen molar-refractivity contribution in [2.24, 2.45) is 22.9 Å². The number of fused-ring (bicyclic) bond motifs is 2. The van der Waals surface area contributed by atoms with E-state index in [2.05, 4.69) is 22.7 Å². The van der Waals surface area contributed by atoms with Crippen LogP contribution in [0.4, 0.5) is 0 Å². The molecule has 3 unspecified atom stereocenters. The summed E-state index contributed by atoms with van der Waals surface area (Å²) in [5.74, 6) is 2.56. The average Bonchev–Trinajstić information content (AvgIpc) is 3.16. The Morgan fingerprint density at radius 3 is 3.00 bits per heavy atom. The standard InChI is InChI=1S/C19H23ClN2O2/c1-13-9-17(20)6-7-18(13)24-8-2-3-19(23)22-21-12-16-11-14-4-5-15(16)10-14/h4-7,9,12,14-16H,2-3,8,10-11H2,1H3,(H,22,23). The highest BCUT2D eigenvalue weighted by Gasteiger charge is 2.34. The molecule has 1 aromatic rings. The third-order valence-corrected chi connectivity index (χ3v) is 4.96. The van der Waals surface area contributed by atoms with Crippen molar-refractivity contribution in [2.75, 3.05) is 6.61 Å². The second-order valence-electron chi connectivity index (χ2n) is 6.62. The number of aryl methyl sites for hydroxylation is 1. The Morgan fingerprint density at radius 2 is 2.29 bits per heavy atom. The molecular weight excluding hydrogens is 324 g/mol. The number of hydrazone groups is 1. The highest BCUT2D eigenvalue weighted by molar-refractivity contribution is 6.30. The van der Waals surface area contributed by atoms with Crippen LogP contribution in [0.5, 0.6) is 5.75 Å². The van der Waals surface area contributed by atoms with Gasteiger partial charge in [0.15, 0.2) is 0 Å². The molecule has 24 heavy (non-hydrogen) atoms. The van der Waals surface area contributed by atoms with Gasteiger partial charge in [-0.15, -0.1) is 0 Å². The molecule has 2 aliphatic rings. The van der Waals surface area contributed by atoms with Gasteiger partial charge in [0.2, 0.25) is 5.91 Å². The van der Waals surface area contributed by atoms with Crippen LogP contribution in [-0.4, -0.2) is 18.7 Å². The molecule has 0 aliphatic heterocycles. The van der Waals surface area contributed by atoms with E-state index in [1.807, 2.05) is 25.3 Å².